The number of anilines is 3. The minimum atomic E-state index is -0.148. The lowest BCUT2D eigenvalue weighted by Crippen LogP contribution is -2.11. The molecule has 0 aliphatic heterocycles. The third kappa shape index (κ3) is 3.12. The monoisotopic (exact) mass is 365 g/mol. The summed E-state index contributed by atoms with van der Waals surface area (Å²) in [5, 5.41) is 4.02. The van der Waals surface area contributed by atoms with Gasteiger partial charge in [0.25, 0.3) is 0 Å². The number of nitrogens with zero attached hydrogens (tertiary/aromatic N) is 7. The normalized spacial score (nSPS) is 12.3. The number of nitrogens with two attached hydrogens (primary N) is 1. The van der Waals surface area contributed by atoms with Gasteiger partial charge in [0, 0.05) is 19.4 Å². The lowest BCUT2D eigenvalue weighted by Gasteiger charge is -2.14. The quantitative estimate of drug-likeness (QED) is 0.550. The third-order valence-electron chi connectivity index (χ3n) is 4.22. The van der Waals surface area contributed by atoms with E-state index in [0.29, 0.717) is 28.9 Å². The van der Waals surface area contributed by atoms with Crippen LogP contribution in [0, 0.1) is 0 Å². The number of imidazole rings is 1. The molecule has 0 radical (unpaired) electrons. The van der Waals surface area contributed by atoms with E-state index in [-0.39, 0.29) is 12.0 Å². The van der Waals surface area contributed by atoms with Crippen LogP contribution in [0.25, 0.3) is 11.0 Å². The topological polar surface area (TPSA) is 122 Å². The first kappa shape index (κ1) is 16.8. The summed E-state index contributed by atoms with van der Waals surface area (Å²) in [7, 11) is 3.48. The Morgan fingerprint density at radius 2 is 1.96 bits per heavy atom. The first-order chi connectivity index (χ1) is 13.0. The number of nitrogens with one attached hydrogen (secondary N) is 1. The van der Waals surface area contributed by atoms with E-state index in [0.717, 1.165) is 5.39 Å². The molecule has 0 fully saturated rings. The number of aryl methyl sites for hydroxylation is 1. The molecule has 0 amide bonds. The SMILES string of the molecule is COc1cnc([C@H](C)n2ccc3c(Nc4cn(C)cn4)nc(N)nc32)nc1. The van der Waals surface area contributed by atoms with Crippen molar-refractivity contribution in [1.29, 1.82) is 0 Å². The number of ether oxygens (including phenoxy) is 1. The Kier molecular flexibility index (Phi) is 4.07. The third-order valence-corrected chi connectivity index (χ3v) is 4.22. The Morgan fingerprint density at radius 3 is 2.63 bits per heavy atom. The van der Waals surface area contributed by atoms with E-state index in [1.54, 1.807) is 25.8 Å². The van der Waals surface area contributed by atoms with E-state index in [4.69, 9.17) is 10.5 Å². The van der Waals surface area contributed by atoms with Crippen LogP contribution in [0.2, 0.25) is 0 Å². The second kappa shape index (κ2) is 6.56. The lowest BCUT2D eigenvalue weighted by atomic mass is 10.3. The molecule has 4 rings (SSSR count). The standard InChI is InChI=1S/C17H19N9O/c1-10(14-19-6-11(27-3)7-20-14)26-5-4-12-15(23-17(18)24-16(12)26)22-13-8-25(2)9-21-13/h4-10H,1-3H3,(H3,18,22,23,24)/t10-/m0/s1. The Bertz CT molecular complexity index is 1080. The second-order valence-corrected chi connectivity index (χ2v) is 6.10. The van der Waals surface area contributed by atoms with E-state index in [9.17, 15) is 0 Å². The molecule has 0 bridgehead atoms. The summed E-state index contributed by atoms with van der Waals surface area (Å²) in [6, 6.07) is 1.78. The molecule has 4 heterocycles. The number of aromatic nitrogens is 7. The summed E-state index contributed by atoms with van der Waals surface area (Å²) in [5.41, 5.74) is 6.63. The van der Waals surface area contributed by atoms with Crippen molar-refractivity contribution >= 4 is 28.6 Å². The van der Waals surface area contributed by atoms with Gasteiger partial charge >= 0.3 is 0 Å². The van der Waals surface area contributed by atoms with Gasteiger partial charge in [-0.15, -0.1) is 0 Å². The van der Waals surface area contributed by atoms with Gasteiger partial charge in [-0.25, -0.2) is 15.0 Å². The molecule has 27 heavy (non-hydrogen) atoms. The highest BCUT2D eigenvalue weighted by molar-refractivity contribution is 5.90. The van der Waals surface area contributed by atoms with Crippen molar-refractivity contribution in [1.82, 2.24) is 34.1 Å². The van der Waals surface area contributed by atoms with Crippen LogP contribution < -0.4 is 15.8 Å². The Balaban J connectivity index is 1.73. The average molecular weight is 365 g/mol. The molecule has 0 aliphatic rings. The van der Waals surface area contributed by atoms with Crippen molar-refractivity contribution in [2.24, 2.45) is 7.05 Å². The van der Waals surface area contributed by atoms with Gasteiger partial charge < -0.3 is 24.9 Å². The van der Waals surface area contributed by atoms with Crippen molar-refractivity contribution in [3.63, 3.8) is 0 Å². The molecule has 4 aromatic rings. The number of rotatable bonds is 5. The number of methoxy groups -OCH3 is 1. The molecular formula is C17H19N9O. The van der Waals surface area contributed by atoms with Crippen LogP contribution in [0.3, 0.4) is 0 Å². The highest BCUT2D eigenvalue weighted by Gasteiger charge is 2.18. The van der Waals surface area contributed by atoms with Gasteiger partial charge in [-0.3, -0.25) is 0 Å². The van der Waals surface area contributed by atoms with Crippen LogP contribution in [0.4, 0.5) is 17.6 Å². The summed E-state index contributed by atoms with van der Waals surface area (Å²) in [6.45, 7) is 1.99. The van der Waals surface area contributed by atoms with Crippen molar-refractivity contribution in [3.05, 3.63) is 43.0 Å². The second-order valence-electron chi connectivity index (χ2n) is 6.10. The van der Waals surface area contributed by atoms with Gasteiger partial charge in [0.15, 0.2) is 11.6 Å². The van der Waals surface area contributed by atoms with E-state index >= 15 is 0 Å². The highest BCUT2D eigenvalue weighted by Crippen LogP contribution is 2.28. The van der Waals surface area contributed by atoms with Crippen molar-refractivity contribution in [2.75, 3.05) is 18.2 Å². The summed E-state index contributed by atoms with van der Waals surface area (Å²) in [5.74, 6) is 2.69. The first-order valence-electron chi connectivity index (χ1n) is 8.30. The zero-order valence-electron chi connectivity index (χ0n) is 15.2. The zero-order chi connectivity index (χ0) is 19.0. The van der Waals surface area contributed by atoms with Crippen LogP contribution in [0.1, 0.15) is 18.8 Å². The highest BCUT2D eigenvalue weighted by atomic mass is 16.5. The number of hydrogen-bond acceptors (Lipinski definition) is 8. The average Bonchev–Trinajstić information content (AvgIpc) is 3.27. The predicted molar refractivity (Wildman–Crippen MR) is 101 cm³/mol. The summed E-state index contributed by atoms with van der Waals surface area (Å²) < 4.78 is 8.92. The Morgan fingerprint density at radius 1 is 1.19 bits per heavy atom. The van der Waals surface area contributed by atoms with Crippen LogP contribution in [-0.4, -0.2) is 41.2 Å². The van der Waals surface area contributed by atoms with Crippen LogP contribution in [-0.2, 0) is 7.05 Å². The molecule has 4 aromatic heterocycles. The Hall–Kier alpha value is -3.69. The molecule has 3 N–H and O–H groups in total. The number of nitrogen functional groups attached to an aromatic ring is 1. The van der Waals surface area contributed by atoms with E-state index in [1.165, 1.54) is 0 Å². The largest absolute Gasteiger partial charge is 0.494 e. The maximum atomic E-state index is 5.94. The van der Waals surface area contributed by atoms with Crippen molar-refractivity contribution in [3.8, 4) is 5.75 Å². The molecule has 0 spiro atoms. The van der Waals surface area contributed by atoms with E-state index < -0.39 is 0 Å². The van der Waals surface area contributed by atoms with E-state index in [1.807, 2.05) is 41.6 Å². The molecule has 0 unspecified atom stereocenters. The minimum absolute atomic E-state index is 0.148. The smallest absolute Gasteiger partial charge is 0.224 e. The van der Waals surface area contributed by atoms with Gasteiger partial charge in [0.1, 0.15) is 17.3 Å². The summed E-state index contributed by atoms with van der Waals surface area (Å²) in [6.07, 6.45) is 8.76. The summed E-state index contributed by atoms with van der Waals surface area (Å²) >= 11 is 0. The molecule has 0 aliphatic carbocycles. The predicted octanol–water partition coefficient (Wildman–Crippen LogP) is 1.90. The van der Waals surface area contributed by atoms with Crippen LogP contribution in [0.5, 0.6) is 5.75 Å². The van der Waals surface area contributed by atoms with Crippen LogP contribution in [0.15, 0.2) is 37.2 Å². The van der Waals surface area contributed by atoms with E-state index in [2.05, 4.69) is 30.2 Å². The molecule has 0 aromatic carbocycles. The molecular weight excluding hydrogens is 346 g/mol. The van der Waals surface area contributed by atoms with Crippen molar-refractivity contribution < 1.29 is 4.74 Å². The molecule has 10 nitrogen and oxygen atoms in total. The van der Waals surface area contributed by atoms with Crippen molar-refractivity contribution in [2.45, 2.75) is 13.0 Å². The van der Waals surface area contributed by atoms with Gasteiger partial charge in [-0.05, 0) is 13.0 Å². The van der Waals surface area contributed by atoms with Gasteiger partial charge in [0.2, 0.25) is 5.95 Å². The molecule has 138 valence electrons. The maximum Gasteiger partial charge on any atom is 0.224 e. The summed E-state index contributed by atoms with van der Waals surface area (Å²) in [4.78, 5) is 21.7. The fourth-order valence-electron chi connectivity index (χ4n) is 2.83. The van der Waals surface area contributed by atoms with Crippen LogP contribution >= 0.6 is 0 Å². The molecule has 1 atom stereocenters. The number of hydrogen-bond donors (Lipinski definition) is 2. The zero-order valence-corrected chi connectivity index (χ0v) is 15.2. The lowest BCUT2D eigenvalue weighted by molar-refractivity contribution is 0.409. The maximum absolute atomic E-state index is 5.94. The molecule has 0 saturated heterocycles. The van der Waals surface area contributed by atoms with Gasteiger partial charge in [-0.1, -0.05) is 0 Å². The first-order valence-corrected chi connectivity index (χ1v) is 8.30. The van der Waals surface area contributed by atoms with Gasteiger partial charge in [0.05, 0.1) is 37.3 Å². The van der Waals surface area contributed by atoms with Gasteiger partial charge in [-0.2, -0.15) is 9.97 Å². The molecule has 10 heteroatoms. The minimum Gasteiger partial charge on any atom is -0.494 e. The fraction of sp³-hybridized carbons (Fsp3) is 0.235. The number of fused-ring (bicyclic) bond motifs is 1. The molecule has 0 saturated carbocycles. The fourth-order valence-corrected chi connectivity index (χ4v) is 2.83. The Labute approximate surface area is 155 Å².